The molecule has 0 unspecified atom stereocenters. The van der Waals surface area contributed by atoms with Gasteiger partial charge in [0, 0.05) is 18.9 Å². The van der Waals surface area contributed by atoms with Crippen LogP contribution in [0, 0.1) is 16.7 Å². The lowest BCUT2D eigenvalue weighted by molar-refractivity contribution is -0.155. The Morgan fingerprint density at radius 3 is 2.23 bits per heavy atom. The highest BCUT2D eigenvalue weighted by Gasteiger charge is 2.47. The smallest absolute Gasteiger partial charge is 0.433 e. The number of halogens is 5. The van der Waals surface area contributed by atoms with Crippen LogP contribution in [0.1, 0.15) is 86.3 Å². The maximum absolute atomic E-state index is 14.4. The van der Waals surface area contributed by atoms with Gasteiger partial charge in [-0.2, -0.15) is 18.3 Å². The fourth-order valence-corrected chi connectivity index (χ4v) is 5.56. The van der Waals surface area contributed by atoms with E-state index in [1.165, 1.54) is 12.4 Å². The van der Waals surface area contributed by atoms with Gasteiger partial charge in [-0.25, -0.2) is 0 Å². The minimum Gasteiger partial charge on any atom is -0.481 e. The van der Waals surface area contributed by atoms with Crippen molar-refractivity contribution < 1.29 is 32.7 Å². The normalized spacial score (nSPS) is 22.0. The number of carbonyl (C=O) groups is 3. The zero-order chi connectivity index (χ0) is 29.5. The summed E-state index contributed by atoms with van der Waals surface area (Å²) in [6, 6.07) is -0.752. The summed E-state index contributed by atoms with van der Waals surface area (Å²) in [6.07, 6.45) is -1.20. The number of alkyl halides is 3. The molecule has 2 aromatic rings. The standard InChI is InChI=1S/C26H31Cl2F3N4O4/c1-14-8-15(6-7-25(14,5)23(38)39)35-21(26(29,30)31)16(9-33-35)22(37)34(13-24(2,3)4)12-19(36)20-17(27)10-32-11-18(20)28/h9-11,14-15H,6-8,12-13H2,1-5H3,(H,38,39)/t14-,15-,25+/m1/s1. The van der Waals surface area contributed by atoms with Gasteiger partial charge in [-0.1, -0.05) is 50.9 Å². The highest BCUT2D eigenvalue weighted by atomic mass is 35.5. The Kier molecular flexibility index (Phi) is 8.77. The third-order valence-electron chi connectivity index (χ3n) is 7.26. The second-order valence-electron chi connectivity index (χ2n) is 11.5. The molecule has 0 aliphatic heterocycles. The fourth-order valence-electron chi connectivity index (χ4n) is 4.99. The van der Waals surface area contributed by atoms with E-state index < -0.39 is 64.4 Å². The van der Waals surface area contributed by atoms with Crippen molar-refractivity contribution in [3.8, 4) is 0 Å². The fraction of sp³-hybridized carbons (Fsp3) is 0.577. The van der Waals surface area contributed by atoms with Gasteiger partial charge in [0.15, 0.2) is 11.5 Å². The number of nitrogens with zero attached hydrogens (tertiary/aromatic N) is 4. The lowest BCUT2D eigenvalue weighted by Crippen LogP contribution is -2.42. The number of carboxylic acids is 1. The van der Waals surface area contributed by atoms with Crippen LogP contribution in [0.15, 0.2) is 18.6 Å². The van der Waals surface area contributed by atoms with E-state index in [0.717, 1.165) is 15.8 Å². The first-order valence-electron chi connectivity index (χ1n) is 12.4. The number of hydrogen-bond acceptors (Lipinski definition) is 5. The van der Waals surface area contributed by atoms with Gasteiger partial charge in [0.1, 0.15) is 0 Å². The average Bonchev–Trinajstić information content (AvgIpc) is 3.24. The number of Topliss-reactive ketones (excluding diaryl/α,β-unsaturated/α-hetero) is 1. The summed E-state index contributed by atoms with van der Waals surface area (Å²) < 4.78 is 44.1. The van der Waals surface area contributed by atoms with E-state index in [1.807, 2.05) is 0 Å². The number of amides is 1. The number of pyridine rings is 1. The van der Waals surface area contributed by atoms with Crippen molar-refractivity contribution in [2.45, 2.75) is 66.1 Å². The quantitative estimate of drug-likeness (QED) is 0.373. The van der Waals surface area contributed by atoms with Gasteiger partial charge in [-0.3, -0.25) is 24.0 Å². The number of ketones is 1. The second-order valence-corrected chi connectivity index (χ2v) is 12.3. The van der Waals surface area contributed by atoms with Crippen LogP contribution >= 0.6 is 23.2 Å². The molecule has 2 aromatic heterocycles. The van der Waals surface area contributed by atoms with Gasteiger partial charge in [0.05, 0.1) is 45.4 Å². The number of aromatic nitrogens is 3. The molecule has 0 saturated heterocycles. The maximum Gasteiger partial charge on any atom is 0.433 e. The first kappa shape index (κ1) is 30.9. The van der Waals surface area contributed by atoms with Crippen LogP contribution in [-0.4, -0.2) is 55.5 Å². The molecule has 1 aliphatic rings. The third-order valence-corrected chi connectivity index (χ3v) is 7.83. The molecule has 3 atom stereocenters. The molecule has 1 aliphatic carbocycles. The van der Waals surface area contributed by atoms with Crippen molar-refractivity contribution >= 4 is 40.9 Å². The van der Waals surface area contributed by atoms with E-state index in [0.29, 0.717) is 0 Å². The van der Waals surface area contributed by atoms with Gasteiger partial charge in [-0.05, 0) is 37.5 Å². The van der Waals surface area contributed by atoms with E-state index in [9.17, 15) is 32.7 Å². The maximum atomic E-state index is 14.4. The third kappa shape index (κ3) is 6.57. The van der Waals surface area contributed by atoms with E-state index in [2.05, 4.69) is 10.1 Å². The molecule has 2 heterocycles. The van der Waals surface area contributed by atoms with Crippen molar-refractivity contribution in [2.24, 2.45) is 16.7 Å². The summed E-state index contributed by atoms with van der Waals surface area (Å²) in [5.74, 6) is -3.10. The van der Waals surface area contributed by atoms with E-state index in [-0.39, 0.29) is 41.4 Å². The number of rotatable bonds is 7. The molecule has 39 heavy (non-hydrogen) atoms. The van der Waals surface area contributed by atoms with Crippen molar-refractivity contribution in [2.75, 3.05) is 13.1 Å². The molecule has 0 aromatic carbocycles. The largest absolute Gasteiger partial charge is 0.481 e. The van der Waals surface area contributed by atoms with Gasteiger partial charge in [0.25, 0.3) is 5.91 Å². The predicted octanol–water partition coefficient (Wildman–Crippen LogP) is 6.43. The Morgan fingerprint density at radius 1 is 1.15 bits per heavy atom. The van der Waals surface area contributed by atoms with Gasteiger partial charge in [0.2, 0.25) is 0 Å². The van der Waals surface area contributed by atoms with E-state index in [4.69, 9.17) is 23.2 Å². The number of aliphatic carboxylic acids is 1. The van der Waals surface area contributed by atoms with Crippen molar-refractivity contribution in [3.05, 3.63) is 45.5 Å². The lowest BCUT2D eigenvalue weighted by atomic mass is 9.67. The van der Waals surface area contributed by atoms with Gasteiger partial charge >= 0.3 is 12.1 Å². The molecule has 0 spiro atoms. The molecule has 1 amide bonds. The molecule has 214 valence electrons. The summed E-state index contributed by atoms with van der Waals surface area (Å²) in [7, 11) is 0. The Labute approximate surface area is 234 Å². The zero-order valence-electron chi connectivity index (χ0n) is 22.3. The molecular weight excluding hydrogens is 560 g/mol. The number of carbonyl (C=O) groups excluding carboxylic acids is 2. The molecule has 3 rings (SSSR count). The van der Waals surface area contributed by atoms with Crippen LogP contribution in [0.3, 0.4) is 0 Å². The minimum absolute atomic E-state index is 0.0424. The molecule has 1 N–H and O–H groups in total. The first-order chi connectivity index (χ1) is 17.9. The monoisotopic (exact) mass is 590 g/mol. The van der Waals surface area contributed by atoms with Gasteiger partial charge < -0.3 is 10.0 Å². The van der Waals surface area contributed by atoms with E-state index in [1.54, 1.807) is 34.6 Å². The first-order valence-corrected chi connectivity index (χ1v) is 13.1. The van der Waals surface area contributed by atoms with Crippen LogP contribution in [-0.2, 0) is 11.0 Å². The Balaban J connectivity index is 2.01. The van der Waals surface area contributed by atoms with Crippen molar-refractivity contribution in [1.29, 1.82) is 0 Å². The molecular formula is C26H31Cl2F3N4O4. The summed E-state index contributed by atoms with van der Waals surface area (Å²) in [5, 5.41) is 13.5. The van der Waals surface area contributed by atoms with Crippen LogP contribution in [0.2, 0.25) is 10.0 Å². The minimum atomic E-state index is -4.94. The highest BCUT2D eigenvalue weighted by Crippen LogP contribution is 2.47. The SMILES string of the molecule is C[C@@H]1C[C@H](n2ncc(C(=O)N(CC(=O)c3c(Cl)cncc3Cl)CC(C)(C)C)c2C(F)(F)F)CC[C@]1(C)C(=O)O. The van der Waals surface area contributed by atoms with Crippen LogP contribution in [0.25, 0.3) is 0 Å². The Bertz CT molecular complexity index is 1250. The van der Waals surface area contributed by atoms with Crippen molar-refractivity contribution in [1.82, 2.24) is 19.7 Å². The van der Waals surface area contributed by atoms with Crippen LogP contribution in [0.5, 0.6) is 0 Å². The topological polar surface area (TPSA) is 105 Å². The predicted molar refractivity (Wildman–Crippen MR) is 139 cm³/mol. The zero-order valence-corrected chi connectivity index (χ0v) is 23.8. The van der Waals surface area contributed by atoms with Crippen LogP contribution < -0.4 is 0 Å². The highest BCUT2D eigenvalue weighted by molar-refractivity contribution is 6.39. The molecule has 13 heteroatoms. The van der Waals surface area contributed by atoms with Crippen LogP contribution in [0.4, 0.5) is 13.2 Å². The van der Waals surface area contributed by atoms with Crippen molar-refractivity contribution in [3.63, 3.8) is 0 Å². The van der Waals surface area contributed by atoms with E-state index >= 15 is 0 Å². The Hall–Kier alpha value is -2.66. The summed E-state index contributed by atoms with van der Waals surface area (Å²) in [5.41, 5.74) is -3.64. The lowest BCUT2D eigenvalue weighted by Gasteiger charge is -2.40. The average molecular weight is 591 g/mol. The summed E-state index contributed by atoms with van der Waals surface area (Å²) >= 11 is 12.2. The second kappa shape index (κ2) is 11.1. The van der Waals surface area contributed by atoms with Gasteiger partial charge in [-0.15, -0.1) is 0 Å². The number of carboxylic acid groups (broad SMARTS) is 1. The molecule has 1 fully saturated rings. The molecule has 0 radical (unpaired) electrons. The molecule has 8 nitrogen and oxygen atoms in total. The molecule has 0 bridgehead atoms. The summed E-state index contributed by atoms with van der Waals surface area (Å²) in [4.78, 5) is 43.4. The Morgan fingerprint density at radius 2 is 1.74 bits per heavy atom. The number of hydrogen-bond donors (Lipinski definition) is 1. The summed E-state index contributed by atoms with van der Waals surface area (Å²) in [6.45, 7) is 8.00. The molecule has 1 saturated carbocycles.